The molecule has 2 N–H and O–H groups in total. The molecule has 1 amide bonds. The lowest BCUT2D eigenvalue weighted by Crippen LogP contribution is -2.17. The van der Waals surface area contributed by atoms with Crippen molar-refractivity contribution in [2.45, 2.75) is 11.3 Å². The summed E-state index contributed by atoms with van der Waals surface area (Å²) < 4.78 is 38.8. The van der Waals surface area contributed by atoms with Crippen molar-refractivity contribution in [1.82, 2.24) is 0 Å². The zero-order valence-corrected chi connectivity index (χ0v) is 15.5. The van der Waals surface area contributed by atoms with Gasteiger partial charge in [-0.2, -0.15) is 0 Å². The minimum absolute atomic E-state index is 0.00730. The fraction of sp³-hybridized carbons (Fsp3) is 0.188. The first-order valence-corrected chi connectivity index (χ1v) is 9.81. The molecule has 10 heteroatoms. The van der Waals surface area contributed by atoms with E-state index in [0.717, 1.165) is 0 Å². The molecule has 7 nitrogen and oxygen atoms in total. The molecule has 0 aliphatic carbocycles. The molecule has 0 spiro atoms. The summed E-state index contributed by atoms with van der Waals surface area (Å²) >= 11 is 12.3. The fourth-order valence-corrected chi connectivity index (χ4v) is 4.68. The molecule has 0 saturated heterocycles. The number of hydrogen-bond donors (Lipinski definition) is 2. The summed E-state index contributed by atoms with van der Waals surface area (Å²) in [4.78, 5) is 11.3. The van der Waals surface area contributed by atoms with Crippen LogP contribution in [0, 0.1) is 0 Å². The fourth-order valence-electron chi connectivity index (χ4n) is 2.77. The van der Waals surface area contributed by atoms with E-state index in [2.05, 4.69) is 10.0 Å². The van der Waals surface area contributed by atoms with E-state index in [4.69, 9.17) is 32.7 Å². The number of anilines is 2. The second-order valence-electron chi connectivity index (χ2n) is 5.75. The second-order valence-corrected chi connectivity index (χ2v) is 8.21. The Morgan fingerprint density at radius 2 is 1.69 bits per heavy atom. The number of sulfonamides is 1. The van der Waals surface area contributed by atoms with Crippen molar-refractivity contribution in [2.75, 3.05) is 23.3 Å². The molecule has 0 aromatic heterocycles. The number of carbonyl (C=O) groups is 1. The van der Waals surface area contributed by atoms with E-state index in [1.165, 1.54) is 24.3 Å². The molecule has 0 bridgehead atoms. The van der Waals surface area contributed by atoms with E-state index in [9.17, 15) is 13.2 Å². The van der Waals surface area contributed by atoms with Crippen molar-refractivity contribution in [1.29, 1.82) is 0 Å². The normalized spacial score (nSPS) is 15.4. The van der Waals surface area contributed by atoms with Gasteiger partial charge in [-0.15, -0.1) is 0 Å². The third kappa shape index (κ3) is 3.04. The number of hydrogen-bond acceptors (Lipinski definition) is 5. The number of halogens is 2. The van der Waals surface area contributed by atoms with Gasteiger partial charge in [-0.25, -0.2) is 8.42 Å². The zero-order chi connectivity index (χ0) is 18.5. The highest BCUT2D eigenvalue weighted by atomic mass is 35.5. The first-order chi connectivity index (χ1) is 12.3. The molecular formula is C16H12Cl2N2O5S. The van der Waals surface area contributed by atoms with Crippen LogP contribution in [0.25, 0.3) is 0 Å². The van der Waals surface area contributed by atoms with Gasteiger partial charge in [0.15, 0.2) is 11.5 Å². The largest absolute Gasteiger partial charge is 0.486 e. The number of rotatable bonds is 3. The molecule has 26 heavy (non-hydrogen) atoms. The highest BCUT2D eigenvalue weighted by Crippen LogP contribution is 2.39. The Hall–Kier alpha value is -2.16. The Kier molecular flexibility index (Phi) is 4.13. The Morgan fingerprint density at radius 3 is 2.42 bits per heavy atom. The van der Waals surface area contributed by atoms with Crippen LogP contribution in [0.2, 0.25) is 10.0 Å². The number of fused-ring (bicyclic) bond motifs is 2. The van der Waals surface area contributed by atoms with Gasteiger partial charge in [0.2, 0.25) is 5.91 Å². The average Bonchev–Trinajstić information content (AvgIpc) is 2.93. The summed E-state index contributed by atoms with van der Waals surface area (Å²) in [5, 5.41) is 2.77. The molecular weight excluding hydrogens is 403 g/mol. The first kappa shape index (κ1) is 17.3. The molecule has 2 aliphatic rings. The van der Waals surface area contributed by atoms with Gasteiger partial charge < -0.3 is 14.8 Å². The minimum Gasteiger partial charge on any atom is -0.486 e. The lowest BCUT2D eigenvalue weighted by Gasteiger charge is -2.20. The van der Waals surface area contributed by atoms with Crippen molar-refractivity contribution in [3.63, 3.8) is 0 Å². The van der Waals surface area contributed by atoms with Crippen LogP contribution in [0.1, 0.15) is 5.56 Å². The highest BCUT2D eigenvalue weighted by molar-refractivity contribution is 7.92. The van der Waals surface area contributed by atoms with Gasteiger partial charge in [0.05, 0.1) is 22.2 Å². The van der Waals surface area contributed by atoms with Crippen LogP contribution in [-0.2, 0) is 21.2 Å². The first-order valence-electron chi connectivity index (χ1n) is 7.58. The summed E-state index contributed by atoms with van der Waals surface area (Å²) in [5.74, 6) is 0.631. The maximum Gasteiger partial charge on any atom is 0.263 e. The SMILES string of the molecule is O=C1Cc2cc(S(=O)(=O)Nc3cc4c(cc3Cl)OCCO4)c(Cl)cc2N1. The van der Waals surface area contributed by atoms with Gasteiger partial charge in [-0.3, -0.25) is 9.52 Å². The Bertz CT molecular complexity index is 1040. The number of carbonyl (C=O) groups excluding carboxylic acids is 1. The molecule has 0 atom stereocenters. The predicted molar refractivity (Wildman–Crippen MR) is 97.0 cm³/mol. The molecule has 2 aromatic carbocycles. The summed E-state index contributed by atoms with van der Waals surface area (Å²) in [5.41, 5.74) is 1.21. The van der Waals surface area contributed by atoms with Crippen LogP contribution in [0.15, 0.2) is 29.2 Å². The topological polar surface area (TPSA) is 93.7 Å². The number of ether oxygens (including phenoxy) is 2. The lowest BCUT2D eigenvalue weighted by molar-refractivity contribution is -0.115. The van der Waals surface area contributed by atoms with E-state index in [-0.39, 0.29) is 33.0 Å². The van der Waals surface area contributed by atoms with Crippen LogP contribution in [0.4, 0.5) is 11.4 Å². The predicted octanol–water partition coefficient (Wildman–Crippen LogP) is 3.06. The van der Waals surface area contributed by atoms with Crippen molar-refractivity contribution in [2.24, 2.45) is 0 Å². The summed E-state index contributed by atoms with van der Waals surface area (Å²) in [6.07, 6.45) is 0.0970. The lowest BCUT2D eigenvalue weighted by atomic mass is 10.2. The van der Waals surface area contributed by atoms with Crippen molar-refractivity contribution in [3.8, 4) is 11.5 Å². The molecule has 2 aliphatic heterocycles. The molecule has 0 saturated carbocycles. The van der Waals surface area contributed by atoms with E-state index in [0.29, 0.717) is 36.0 Å². The van der Waals surface area contributed by atoms with Crippen LogP contribution >= 0.6 is 23.2 Å². The van der Waals surface area contributed by atoms with Crippen molar-refractivity contribution >= 4 is 50.5 Å². The average molecular weight is 415 g/mol. The third-order valence-corrected chi connectivity index (χ3v) is 6.09. The molecule has 4 rings (SSSR count). The van der Waals surface area contributed by atoms with Crippen molar-refractivity contribution in [3.05, 3.63) is 39.9 Å². The number of amides is 1. The van der Waals surface area contributed by atoms with E-state index < -0.39 is 10.0 Å². The maximum atomic E-state index is 12.8. The van der Waals surface area contributed by atoms with Gasteiger partial charge >= 0.3 is 0 Å². The van der Waals surface area contributed by atoms with Gasteiger partial charge in [-0.1, -0.05) is 23.2 Å². The van der Waals surface area contributed by atoms with Crippen LogP contribution in [0.3, 0.4) is 0 Å². The van der Waals surface area contributed by atoms with Crippen LogP contribution in [0.5, 0.6) is 11.5 Å². The zero-order valence-electron chi connectivity index (χ0n) is 13.1. The summed E-state index contributed by atoms with van der Waals surface area (Å²) in [6, 6.07) is 5.74. The van der Waals surface area contributed by atoms with Gasteiger partial charge in [0.1, 0.15) is 18.1 Å². The quantitative estimate of drug-likeness (QED) is 0.804. The Labute approximate surface area is 159 Å². The highest BCUT2D eigenvalue weighted by Gasteiger charge is 2.26. The summed E-state index contributed by atoms with van der Waals surface area (Å²) in [6.45, 7) is 0.754. The third-order valence-electron chi connectivity index (χ3n) is 3.95. The van der Waals surface area contributed by atoms with Crippen LogP contribution < -0.4 is 19.5 Å². The smallest absolute Gasteiger partial charge is 0.263 e. The minimum atomic E-state index is -4.03. The van der Waals surface area contributed by atoms with Crippen molar-refractivity contribution < 1.29 is 22.7 Å². The maximum absolute atomic E-state index is 12.8. The van der Waals surface area contributed by atoms with E-state index in [1.807, 2.05) is 0 Å². The Morgan fingerprint density at radius 1 is 1.00 bits per heavy atom. The number of benzene rings is 2. The van der Waals surface area contributed by atoms with E-state index >= 15 is 0 Å². The molecule has 0 radical (unpaired) electrons. The monoisotopic (exact) mass is 414 g/mol. The standard InChI is InChI=1S/C16H12Cl2N2O5S/c17-9-6-13-14(25-2-1-24-13)7-12(9)20-26(22,23)15-3-8-4-16(21)19-11(8)5-10(15)18/h3,5-7,20H,1-2,4H2,(H,19,21). The molecule has 136 valence electrons. The van der Waals surface area contributed by atoms with E-state index in [1.54, 1.807) is 0 Å². The van der Waals surface area contributed by atoms with Gasteiger partial charge in [-0.05, 0) is 17.7 Å². The summed E-state index contributed by atoms with van der Waals surface area (Å²) in [7, 11) is -4.03. The molecule has 2 heterocycles. The van der Waals surface area contributed by atoms with Crippen LogP contribution in [-0.4, -0.2) is 27.5 Å². The van der Waals surface area contributed by atoms with Gasteiger partial charge in [0, 0.05) is 17.8 Å². The van der Waals surface area contributed by atoms with Gasteiger partial charge in [0.25, 0.3) is 10.0 Å². The second kappa shape index (κ2) is 6.22. The molecule has 0 fully saturated rings. The molecule has 0 unspecified atom stereocenters. The Balaban J connectivity index is 1.71. The molecule has 2 aromatic rings. The number of nitrogens with one attached hydrogen (secondary N) is 2.